The summed E-state index contributed by atoms with van der Waals surface area (Å²) in [5.41, 5.74) is 2.84. The smallest absolute Gasteiger partial charge is 0.147 e. The molecular weight excluding hydrogens is 240 g/mol. The second kappa shape index (κ2) is 5.22. The summed E-state index contributed by atoms with van der Waals surface area (Å²) >= 11 is 0. The SMILES string of the molecule is CS(=O)(=O)CCCC(NN)C1CC2CCC1O2. The van der Waals surface area contributed by atoms with E-state index >= 15 is 0 Å². The van der Waals surface area contributed by atoms with Crippen molar-refractivity contribution >= 4 is 9.84 Å². The zero-order valence-electron chi connectivity index (χ0n) is 10.3. The van der Waals surface area contributed by atoms with Gasteiger partial charge >= 0.3 is 0 Å². The molecule has 17 heavy (non-hydrogen) atoms. The Kier molecular flexibility index (Phi) is 4.07. The normalized spacial score (nSPS) is 34.1. The average Bonchev–Trinajstić information content (AvgIpc) is 2.84. The number of rotatable bonds is 6. The molecule has 2 aliphatic rings. The number of hydrogen-bond acceptors (Lipinski definition) is 5. The summed E-state index contributed by atoms with van der Waals surface area (Å²) in [6.07, 6.45) is 6.86. The molecule has 0 aromatic carbocycles. The fourth-order valence-electron chi connectivity index (χ4n) is 3.09. The van der Waals surface area contributed by atoms with Crippen LogP contribution in [-0.4, -0.2) is 38.7 Å². The van der Waals surface area contributed by atoms with Crippen LogP contribution < -0.4 is 11.3 Å². The molecule has 0 spiro atoms. The Hall–Kier alpha value is -0.170. The van der Waals surface area contributed by atoms with Gasteiger partial charge < -0.3 is 4.74 Å². The maximum atomic E-state index is 11.1. The number of hydrazine groups is 1. The Morgan fingerprint density at radius 1 is 1.47 bits per heavy atom. The van der Waals surface area contributed by atoms with Gasteiger partial charge in [0, 0.05) is 24.0 Å². The summed E-state index contributed by atoms with van der Waals surface area (Å²) in [5.74, 6) is 6.28. The van der Waals surface area contributed by atoms with Crippen LogP contribution >= 0.6 is 0 Å². The van der Waals surface area contributed by atoms with Crippen LogP contribution in [0, 0.1) is 5.92 Å². The van der Waals surface area contributed by atoms with E-state index in [1.54, 1.807) is 0 Å². The molecule has 4 atom stereocenters. The van der Waals surface area contributed by atoms with Crippen molar-refractivity contribution in [1.82, 2.24) is 5.43 Å². The van der Waals surface area contributed by atoms with Crippen molar-refractivity contribution in [2.24, 2.45) is 11.8 Å². The number of nitrogens with two attached hydrogens (primary N) is 1. The zero-order chi connectivity index (χ0) is 12.5. The minimum atomic E-state index is -2.86. The lowest BCUT2D eigenvalue weighted by Gasteiger charge is -2.27. The van der Waals surface area contributed by atoms with E-state index in [4.69, 9.17) is 10.6 Å². The number of sulfone groups is 1. The van der Waals surface area contributed by atoms with Crippen molar-refractivity contribution in [2.45, 2.75) is 50.4 Å². The van der Waals surface area contributed by atoms with E-state index in [1.807, 2.05) is 0 Å². The van der Waals surface area contributed by atoms with Crippen LogP contribution in [0.15, 0.2) is 0 Å². The second-order valence-electron chi connectivity index (χ2n) is 5.32. The zero-order valence-corrected chi connectivity index (χ0v) is 11.1. The Bertz CT molecular complexity index is 358. The Balaban J connectivity index is 1.81. The maximum Gasteiger partial charge on any atom is 0.147 e. The molecule has 2 rings (SSSR count). The quantitative estimate of drug-likeness (QED) is 0.528. The summed E-state index contributed by atoms with van der Waals surface area (Å²) < 4.78 is 27.9. The first kappa shape index (κ1) is 13.3. The van der Waals surface area contributed by atoms with Gasteiger partial charge in [0.1, 0.15) is 9.84 Å². The van der Waals surface area contributed by atoms with E-state index in [0.717, 1.165) is 19.3 Å². The van der Waals surface area contributed by atoms with Gasteiger partial charge in [-0.2, -0.15) is 0 Å². The summed E-state index contributed by atoms with van der Waals surface area (Å²) in [7, 11) is -2.86. The molecule has 2 aliphatic heterocycles. The van der Waals surface area contributed by atoms with Crippen LogP contribution in [0.3, 0.4) is 0 Å². The Morgan fingerprint density at radius 2 is 2.24 bits per heavy atom. The first-order valence-electron chi connectivity index (χ1n) is 6.29. The third kappa shape index (κ3) is 3.40. The molecule has 2 bridgehead atoms. The summed E-state index contributed by atoms with van der Waals surface area (Å²) in [4.78, 5) is 0. The number of ether oxygens (including phenoxy) is 1. The minimum absolute atomic E-state index is 0.187. The van der Waals surface area contributed by atoms with E-state index in [0.29, 0.717) is 24.5 Å². The van der Waals surface area contributed by atoms with E-state index in [2.05, 4.69) is 5.43 Å². The highest BCUT2D eigenvalue weighted by atomic mass is 32.2. The van der Waals surface area contributed by atoms with Gasteiger partial charge in [0.25, 0.3) is 0 Å². The van der Waals surface area contributed by atoms with Crippen LogP contribution in [0.2, 0.25) is 0 Å². The fraction of sp³-hybridized carbons (Fsp3) is 1.00. The van der Waals surface area contributed by atoms with Gasteiger partial charge in [-0.25, -0.2) is 8.42 Å². The molecule has 6 heteroatoms. The highest BCUT2D eigenvalue weighted by Crippen LogP contribution is 2.41. The molecule has 0 aromatic rings. The Morgan fingerprint density at radius 3 is 2.71 bits per heavy atom. The molecule has 100 valence electrons. The van der Waals surface area contributed by atoms with E-state index in [-0.39, 0.29) is 11.8 Å². The maximum absolute atomic E-state index is 11.1. The Labute approximate surface area is 103 Å². The molecule has 0 aliphatic carbocycles. The molecule has 3 N–H and O–H groups in total. The second-order valence-corrected chi connectivity index (χ2v) is 7.58. The molecule has 0 amide bonds. The van der Waals surface area contributed by atoms with Gasteiger partial charge in [0.2, 0.25) is 0 Å². The summed E-state index contributed by atoms with van der Waals surface area (Å²) in [6.45, 7) is 0. The monoisotopic (exact) mass is 262 g/mol. The minimum Gasteiger partial charge on any atom is -0.375 e. The highest BCUT2D eigenvalue weighted by Gasteiger charge is 2.43. The number of nitrogens with one attached hydrogen (secondary N) is 1. The first-order chi connectivity index (χ1) is 7.99. The molecule has 0 saturated carbocycles. The standard InChI is InChI=1S/C11H22N2O3S/c1-17(14,15)6-2-3-10(13-12)9-7-8-4-5-11(9)16-8/h8-11,13H,2-7,12H2,1H3. The van der Waals surface area contributed by atoms with Crippen molar-refractivity contribution in [3.63, 3.8) is 0 Å². The first-order valence-corrected chi connectivity index (χ1v) is 8.35. The summed E-state index contributed by atoms with van der Waals surface area (Å²) in [5, 5.41) is 0. The van der Waals surface area contributed by atoms with Gasteiger partial charge in [-0.3, -0.25) is 11.3 Å². The van der Waals surface area contributed by atoms with Crippen LogP contribution in [-0.2, 0) is 14.6 Å². The molecule has 2 heterocycles. The van der Waals surface area contributed by atoms with Gasteiger partial charge in [0.05, 0.1) is 12.2 Å². The van der Waals surface area contributed by atoms with E-state index in [9.17, 15) is 8.42 Å². The van der Waals surface area contributed by atoms with E-state index in [1.165, 1.54) is 12.7 Å². The van der Waals surface area contributed by atoms with E-state index < -0.39 is 9.84 Å². The molecular formula is C11H22N2O3S. The highest BCUT2D eigenvalue weighted by molar-refractivity contribution is 7.90. The van der Waals surface area contributed by atoms with Crippen LogP contribution in [0.25, 0.3) is 0 Å². The van der Waals surface area contributed by atoms with Crippen molar-refractivity contribution in [3.05, 3.63) is 0 Å². The fourth-order valence-corrected chi connectivity index (χ4v) is 3.78. The lowest BCUT2D eigenvalue weighted by molar-refractivity contribution is 0.0849. The molecule has 4 unspecified atom stereocenters. The number of hydrogen-bond donors (Lipinski definition) is 2. The largest absolute Gasteiger partial charge is 0.375 e. The van der Waals surface area contributed by atoms with Crippen molar-refractivity contribution in [3.8, 4) is 0 Å². The van der Waals surface area contributed by atoms with Crippen molar-refractivity contribution in [2.75, 3.05) is 12.0 Å². The molecule has 0 radical (unpaired) electrons. The number of fused-ring (bicyclic) bond motifs is 2. The van der Waals surface area contributed by atoms with Gasteiger partial charge in [-0.05, 0) is 32.1 Å². The molecule has 0 aromatic heterocycles. The summed E-state index contributed by atoms with van der Waals surface area (Å²) in [6, 6.07) is 0.187. The molecule has 2 fully saturated rings. The topological polar surface area (TPSA) is 81.4 Å². The van der Waals surface area contributed by atoms with Crippen LogP contribution in [0.1, 0.15) is 32.1 Å². The average molecular weight is 262 g/mol. The van der Waals surface area contributed by atoms with Crippen molar-refractivity contribution in [1.29, 1.82) is 0 Å². The van der Waals surface area contributed by atoms with Crippen LogP contribution in [0.5, 0.6) is 0 Å². The molecule has 2 saturated heterocycles. The predicted molar refractivity (Wildman–Crippen MR) is 66.1 cm³/mol. The molecule has 5 nitrogen and oxygen atoms in total. The lowest BCUT2D eigenvalue weighted by Crippen LogP contribution is -2.44. The van der Waals surface area contributed by atoms with Gasteiger partial charge in [-0.1, -0.05) is 0 Å². The van der Waals surface area contributed by atoms with Crippen molar-refractivity contribution < 1.29 is 13.2 Å². The van der Waals surface area contributed by atoms with Gasteiger partial charge in [-0.15, -0.1) is 0 Å². The predicted octanol–water partition coefficient (Wildman–Crippen LogP) is 0.211. The third-order valence-electron chi connectivity index (χ3n) is 3.91. The third-order valence-corrected chi connectivity index (χ3v) is 4.94. The lowest BCUT2D eigenvalue weighted by atomic mass is 9.82. The van der Waals surface area contributed by atoms with Crippen LogP contribution in [0.4, 0.5) is 0 Å². The van der Waals surface area contributed by atoms with Gasteiger partial charge in [0.15, 0.2) is 0 Å².